The number of urea groups is 1. The molecule has 0 aliphatic heterocycles. The van der Waals surface area contributed by atoms with E-state index < -0.39 is 18.1 Å². The van der Waals surface area contributed by atoms with E-state index in [9.17, 15) is 18.0 Å². The molecule has 2 atom stereocenters. The molecule has 0 radical (unpaired) electrons. The lowest BCUT2D eigenvalue weighted by Gasteiger charge is -2.31. The van der Waals surface area contributed by atoms with Crippen molar-refractivity contribution in [1.29, 1.82) is 0 Å². The maximum atomic E-state index is 12.8. The molecule has 2 amide bonds. The average molecular weight is 357 g/mol. The van der Waals surface area contributed by atoms with Crippen molar-refractivity contribution < 1.29 is 18.0 Å². The fourth-order valence-electron chi connectivity index (χ4n) is 3.19. The molecule has 4 nitrogen and oxygen atoms in total. The largest absolute Gasteiger partial charge is 0.391 e. The van der Waals surface area contributed by atoms with Crippen molar-refractivity contribution in [2.24, 2.45) is 5.92 Å². The van der Waals surface area contributed by atoms with E-state index in [2.05, 4.69) is 15.5 Å². The molecule has 1 aliphatic rings. The van der Waals surface area contributed by atoms with Gasteiger partial charge in [0.1, 0.15) is 0 Å². The lowest BCUT2D eigenvalue weighted by molar-refractivity contribution is -0.183. The monoisotopic (exact) mass is 357 g/mol. The predicted octanol–water partition coefficient (Wildman–Crippen LogP) is 3.54. The Balaban J connectivity index is 1.65. The van der Waals surface area contributed by atoms with Crippen LogP contribution in [0.25, 0.3) is 0 Å². The fourth-order valence-corrected chi connectivity index (χ4v) is 3.19. The maximum absolute atomic E-state index is 12.8. The first kappa shape index (κ1) is 19.6. The lowest BCUT2D eigenvalue weighted by atomic mass is 9.85. The molecule has 1 aromatic carbocycles. The first-order valence-corrected chi connectivity index (χ1v) is 8.68. The van der Waals surface area contributed by atoms with E-state index in [4.69, 9.17) is 0 Å². The summed E-state index contributed by atoms with van der Waals surface area (Å²) in [7, 11) is 1.96. The third-order valence-corrected chi connectivity index (χ3v) is 4.55. The van der Waals surface area contributed by atoms with Crippen molar-refractivity contribution in [3.05, 3.63) is 35.9 Å². The van der Waals surface area contributed by atoms with Crippen LogP contribution in [-0.2, 0) is 6.54 Å². The van der Waals surface area contributed by atoms with Crippen LogP contribution in [0.3, 0.4) is 0 Å². The first-order chi connectivity index (χ1) is 11.8. The Morgan fingerprint density at radius 3 is 2.64 bits per heavy atom. The Morgan fingerprint density at radius 1 is 1.24 bits per heavy atom. The van der Waals surface area contributed by atoms with Crippen LogP contribution in [0.4, 0.5) is 18.0 Å². The summed E-state index contributed by atoms with van der Waals surface area (Å²) in [5.41, 5.74) is 1.19. The third kappa shape index (κ3) is 6.94. The highest BCUT2D eigenvalue weighted by molar-refractivity contribution is 5.74. The topological polar surface area (TPSA) is 44.4 Å². The Morgan fingerprint density at radius 2 is 1.96 bits per heavy atom. The Kier molecular flexibility index (Phi) is 7.11. The molecule has 7 heteroatoms. The number of rotatable bonds is 6. The van der Waals surface area contributed by atoms with E-state index in [-0.39, 0.29) is 18.9 Å². The number of likely N-dealkylation sites (N-methyl/N-ethyl adjacent to an activating group) is 1. The van der Waals surface area contributed by atoms with Crippen LogP contribution < -0.4 is 10.6 Å². The number of carbonyl (C=O) groups excluding carboxylic acids is 1. The number of nitrogens with one attached hydrogen (secondary N) is 2. The summed E-state index contributed by atoms with van der Waals surface area (Å²) in [6.45, 7) is 1.89. The SMILES string of the molecule is CN(CCNC(=O)N[C@H]1CCC[C@H](C(F)(F)F)C1)Cc1ccccc1. The van der Waals surface area contributed by atoms with Gasteiger partial charge in [0.05, 0.1) is 5.92 Å². The molecule has 25 heavy (non-hydrogen) atoms. The lowest BCUT2D eigenvalue weighted by Crippen LogP contribution is -2.47. The maximum Gasteiger partial charge on any atom is 0.391 e. The highest BCUT2D eigenvalue weighted by Crippen LogP contribution is 2.37. The molecule has 1 fully saturated rings. The van der Waals surface area contributed by atoms with Gasteiger partial charge in [-0.15, -0.1) is 0 Å². The van der Waals surface area contributed by atoms with Gasteiger partial charge in [0.25, 0.3) is 0 Å². The summed E-state index contributed by atoms with van der Waals surface area (Å²) in [6, 6.07) is 9.21. The number of benzene rings is 1. The smallest absolute Gasteiger partial charge is 0.337 e. The summed E-state index contributed by atoms with van der Waals surface area (Å²) in [5, 5.41) is 5.40. The molecule has 1 aliphatic carbocycles. The molecule has 140 valence electrons. The number of halogens is 3. The van der Waals surface area contributed by atoms with Crippen LogP contribution in [0.1, 0.15) is 31.2 Å². The van der Waals surface area contributed by atoms with Crippen molar-refractivity contribution in [2.45, 2.75) is 44.4 Å². The minimum Gasteiger partial charge on any atom is -0.337 e. The second-order valence-corrected chi connectivity index (χ2v) is 6.73. The Hall–Kier alpha value is -1.76. The fraction of sp³-hybridized carbons (Fsp3) is 0.611. The van der Waals surface area contributed by atoms with Gasteiger partial charge in [-0.2, -0.15) is 13.2 Å². The number of carbonyl (C=O) groups is 1. The molecule has 0 aromatic heterocycles. The number of amides is 2. The van der Waals surface area contributed by atoms with Crippen molar-refractivity contribution in [3.8, 4) is 0 Å². The Bertz CT molecular complexity index is 536. The van der Waals surface area contributed by atoms with Crippen LogP contribution in [0.15, 0.2) is 30.3 Å². The van der Waals surface area contributed by atoms with Crippen molar-refractivity contribution in [2.75, 3.05) is 20.1 Å². The van der Waals surface area contributed by atoms with Gasteiger partial charge in [-0.1, -0.05) is 36.8 Å². The molecular weight excluding hydrogens is 331 g/mol. The molecule has 1 aromatic rings. The quantitative estimate of drug-likeness (QED) is 0.818. The number of nitrogens with zero attached hydrogens (tertiary/aromatic N) is 1. The van der Waals surface area contributed by atoms with Crippen molar-refractivity contribution in [1.82, 2.24) is 15.5 Å². The summed E-state index contributed by atoms with van der Waals surface area (Å²) in [6.07, 6.45) is -2.93. The molecule has 0 bridgehead atoms. The minimum atomic E-state index is -4.17. The van der Waals surface area contributed by atoms with Gasteiger partial charge in [-0.3, -0.25) is 0 Å². The first-order valence-electron chi connectivity index (χ1n) is 8.68. The summed E-state index contributed by atoms with van der Waals surface area (Å²) in [4.78, 5) is 14.0. The summed E-state index contributed by atoms with van der Waals surface area (Å²) in [5.74, 6) is -1.30. The van der Waals surface area contributed by atoms with Gasteiger partial charge < -0.3 is 15.5 Å². The highest BCUT2D eigenvalue weighted by atomic mass is 19.4. The molecule has 2 rings (SSSR count). The predicted molar refractivity (Wildman–Crippen MR) is 91.1 cm³/mol. The van der Waals surface area contributed by atoms with Crippen LogP contribution in [0, 0.1) is 5.92 Å². The Labute approximate surface area is 146 Å². The zero-order valence-corrected chi connectivity index (χ0v) is 14.5. The van der Waals surface area contributed by atoms with Crippen molar-refractivity contribution >= 4 is 6.03 Å². The van der Waals surface area contributed by atoms with Gasteiger partial charge in [0.15, 0.2) is 0 Å². The van der Waals surface area contributed by atoms with E-state index in [1.54, 1.807) is 0 Å². The molecule has 1 saturated carbocycles. The van der Waals surface area contributed by atoms with E-state index in [1.165, 1.54) is 5.56 Å². The van der Waals surface area contributed by atoms with Crippen LogP contribution in [0.5, 0.6) is 0 Å². The van der Waals surface area contributed by atoms with Gasteiger partial charge in [-0.25, -0.2) is 4.79 Å². The highest BCUT2D eigenvalue weighted by Gasteiger charge is 2.42. The number of alkyl halides is 3. The molecular formula is C18H26F3N3O. The summed E-state index contributed by atoms with van der Waals surface area (Å²) >= 11 is 0. The van der Waals surface area contributed by atoms with E-state index >= 15 is 0 Å². The van der Waals surface area contributed by atoms with E-state index in [0.29, 0.717) is 25.9 Å². The van der Waals surface area contributed by atoms with Crippen LogP contribution in [-0.4, -0.2) is 43.3 Å². The number of hydrogen-bond acceptors (Lipinski definition) is 2. The van der Waals surface area contributed by atoms with E-state index in [1.807, 2.05) is 37.4 Å². The van der Waals surface area contributed by atoms with Gasteiger partial charge in [-0.05, 0) is 31.9 Å². The van der Waals surface area contributed by atoms with Crippen LogP contribution in [0.2, 0.25) is 0 Å². The molecule has 0 saturated heterocycles. The molecule has 0 unspecified atom stereocenters. The second-order valence-electron chi connectivity index (χ2n) is 6.73. The molecule has 2 N–H and O–H groups in total. The normalized spacial score (nSPS) is 21.2. The van der Waals surface area contributed by atoms with Crippen molar-refractivity contribution in [3.63, 3.8) is 0 Å². The average Bonchev–Trinajstić information content (AvgIpc) is 2.55. The summed E-state index contributed by atoms with van der Waals surface area (Å²) < 4.78 is 38.4. The van der Waals surface area contributed by atoms with Gasteiger partial charge in [0.2, 0.25) is 0 Å². The van der Waals surface area contributed by atoms with Gasteiger partial charge in [0, 0.05) is 25.7 Å². The zero-order chi connectivity index (χ0) is 18.3. The third-order valence-electron chi connectivity index (χ3n) is 4.55. The minimum absolute atomic E-state index is 0.0230. The molecule has 0 spiro atoms. The molecule has 0 heterocycles. The number of hydrogen-bond donors (Lipinski definition) is 2. The second kappa shape index (κ2) is 9.08. The van der Waals surface area contributed by atoms with Crippen LogP contribution >= 0.6 is 0 Å². The van der Waals surface area contributed by atoms with Gasteiger partial charge >= 0.3 is 12.2 Å². The standard InChI is InChI=1S/C18H26F3N3O/c1-24(13-14-6-3-2-4-7-14)11-10-22-17(25)23-16-9-5-8-15(12-16)18(19,20)21/h2-4,6-7,15-16H,5,8-13H2,1H3,(H2,22,23,25)/t15-,16-/m0/s1. The van der Waals surface area contributed by atoms with E-state index in [0.717, 1.165) is 6.54 Å². The zero-order valence-electron chi connectivity index (χ0n) is 14.5.